The lowest BCUT2D eigenvalue weighted by Gasteiger charge is -2.17. The largest absolute Gasteiger partial charge is 0.493 e. The predicted molar refractivity (Wildman–Crippen MR) is 75.5 cm³/mol. The summed E-state index contributed by atoms with van der Waals surface area (Å²) in [5, 5.41) is 0. The van der Waals surface area contributed by atoms with Crippen LogP contribution in [0.4, 0.5) is 0 Å². The number of hydrogen-bond acceptors (Lipinski definition) is 4. The summed E-state index contributed by atoms with van der Waals surface area (Å²) < 4.78 is 16.6. The quantitative estimate of drug-likeness (QED) is 0.790. The normalized spacial score (nSPS) is 15.5. The van der Waals surface area contributed by atoms with Crippen molar-refractivity contribution in [1.29, 1.82) is 0 Å². The van der Waals surface area contributed by atoms with Crippen molar-refractivity contribution in [3.8, 4) is 17.2 Å². The fraction of sp³-hybridized carbons (Fsp3) is 0.600. The monoisotopic (exact) mass is 265 g/mol. The van der Waals surface area contributed by atoms with Crippen molar-refractivity contribution in [3.05, 3.63) is 17.7 Å². The minimum absolute atomic E-state index is 0.675. The molecule has 1 aromatic rings. The van der Waals surface area contributed by atoms with E-state index >= 15 is 0 Å². The van der Waals surface area contributed by atoms with Gasteiger partial charge in [-0.05, 0) is 50.6 Å². The van der Waals surface area contributed by atoms with Gasteiger partial charge in [-0.2, -0.15) is 0 Å². The van der Waals surface area contributed by atoms with Crippen LogP contribution in [0.1, 0.15) is 18.4 Å². The number of methoxy groups -OCH3 is 2. The molecule has 1 aliphatic rings. The second-order valence-corrected chi connectivity index (χ2v) is 4.90. The number of hydrogen-bond donors (Lipinski definition) is 0. The van der Waals surface area contributed by atoms with E-state index in [4.69, 9.17) is 14.2 Å². The van der Waals surface area contributed by atoms with Crippen LogP contribution >= 0.6 is 0 Å². The van der Waals surface area contributed by atoms with Crippen LogP contribution in [0.15, 0.2) is 12.1 Å². The third-order valence-electron chi connectivity index (χ3n) is 3.45. The standard InChI is InChI=1S/C15H23NO3/c1-12-10-13(17-2)15(18-3)14(11-12)19-9-8-16-6-4-5-7-16/h10-11H,4-9H2,1-3H3. The van der Waals surface area contributed by atoms with Crippen molar-refractivity contribution >= 4 is 0 Å². The molecule has 0 radical (unpaired) electrons. The molecule has 0 spiro atoms. The lowest BCUT2D eigenvalue weighted by atomic mass is 10.2. The highest BCUT2D eigenvalue weighted by molar-refractivity contribution is 5.53. The van der Waals surface area contributed by atoms with Gasteiger partial charge in [0.15, 0.2) is 11.5 Å². The highest BCUT2D eigenvalue weighted by Crippen LogP contribution is 2.38. The molecule has 0 saturated carbocycles. The van der Waals surface area contributed by atoms with Crippen LogP contribution in [0.25, 0.3) is 0 Å². The molecule has 1 heterocycles. The smallest absolute Gasteiger partial charge is 0.203 e. The third kappa shape index (κ3) is 3.53. The van der Waals surface area contributed by atoms with E-state index in [0.717, 1.165) is 23.6 Å². The van der Waals surface area contributed by atoms with Crippen LogP contribution in [-0.4, -0.2) is 45.4 Å². The molecular formula is C15H23NO3. The predicted octanol–water partition coefficient (Wildman–Crippen LogP) is 2.49. The molecule has 0 amide bonds. The maximum Gasteiger partial charge on any atom is 0.203 e. The van der Waals surface area contributed by atoms with E-state index in [1.165, 1.54) is 25.9 Å². The number of aryl methyl sites for hydroxylation is 1. The van der Waals surface area contributed by atoms with Gasteiger partial charge >= 0.3 is 0 Å². The van der Waals surface area contributed by atoms with Crippen LogP contribution in [0.3, 0.4) is 0 Å². The first-order valence-corrected chi connectivity index (χ1v) is 6.82. The zero-order valence-electron chi connectivity index (χ0n) is 12.1. The second-order valence-electron chi connectivity index (χ2n) is 4.90. The van der Waals surface area contributed by atoms with Gasteiger partial charge in [0, 0.05) is 6.54 Å². The Labute approximate surface area is 115 Å². The fourth-order valence-electron chi connectivity index (χ4n) is 2.46. The Morgan fingerprint density at radius 3 is 2.37 bits per heavy atom. The molecule has 106 valence electrons. The summed E-state index contributed by atoms with van der Waals surface area (Å²) in [5.74, 6) is 2.16. The average molecular weight is 265 g/mol. The van der Waals surface area contributed by atoms with E-state index in [9.17, 15) is 0 Å². The lowest BCUT2D eigenvalue weighted by molar-refractivity contribution is 0.228. The highest BCUT2D eigenvalue weighted by atomic mass is 16.5. The Hall–Kier alpha value is -1.42. The van der Waals surface area contributed by atoms with E-state index in [2.05, 4.69) is 4.90 Å². The van der Waals surface area contributed by atoms with Crippen molar-refractivity contribution in [3.63, 3.8) is 0 Å². The topological polar surface area (TPSA) is 30.9 Å². The van der Waals surface area contributed by atoms with Gasteiger partial charge in [0.2, 0.25) is 5.75 Å². The number of benzene rings is 1. The van der Waals surface area contributed by atoms with Crippen LogP contribution in [0, 0.1) is 6.92 Å². The number of nitrogens with zero attached hydrogens (tertiary/aromatic N) is 1. The highest BCUT2D eigenvalue weighted by Gasteiger charge is 2.14. The molecule has 4 heteroatoms. The molecule has 2 rings (SSSR count). The van der Waals surface area contributed by atoms with Gasteiger partial charge in [-0.3, -0.25) is 4.90 Å². The molecule has 0 N–H and O–H groups in total. The van der Waals surface area contributed by atoms with Gasteiger partial charge in [-0.1, -0.05) is 0 Å². The average Bonchev–Trinajstić information content (AvgIpc) is 2.91. The molecule has 1 aromatic carbocycles. The summed E-state index contributed by atoms with van der Waals surface area (Å²) in [6, 6.07) is 3.94. The molecule has 19 heavy (non-hydrogen) atoms. The van der Waals surface area contributed by atoms with E-state index in [1.54, 1.807) is 14.2 Å². The molecule has 1 fully saturated rings. The lowest BCUT2D eigenvalue weighted by Crippen LogP contribution is -2.25. The molecule has 0 aliphatic carbocycles. The first kappa shape index (κ1) is 14.0. The van der Waals surface area contributed by atoms with Crippen molar-refractivity contribution in [1.82, 2.24) is 4.90 Å². The molecule has 1 saturated heterocycles. The molecule has 0 unspecified atom stereocenters. The minimum atomic E-state index is 0.675. The second kappa shape index (κ2) is 6.66. The van der Waals surface area contributed by atoms with Gasteiger partial charge in [0.25, 0.3) is 0 Å². The Balaban J connectivity index is 1.99. The van der Waals surface area contributed by atoms with Crippen LogP contribution in [0.5, 0.6) is 17.2 Å². The minimum Gasteiger partial charge on any atom is -0.493 e. The third-order valence-corrected chi connectivity index (χ3v) is 3.45. The Kier molecular flexibility index (Phi) is 4.91. The van der Waals surface area contributed by atoms with E-state index < -0.39 is 0 Å². The number of rotatable bonds is 6. The van der Waals surface area contributed by atoms with Crippen molar-refractivity contribution < 1.29 is 14.2 Å². The van der Waals surface area contributed by atoms with E-state index in [0.29, 0.717) is 12.4 Å². The Morgan fingerprint density at radius 2 is 1.74 bits per heavy atom. The molecule has 0 aromatic heterocycles. The molecule has 4 nitrogen and oxygen atoms in total. The summed E-state index contributed by atoms with van der Waals surface area (Å²) in [7, 11) is 3.28. The molecule has 0 atom stereocenters. The molecule has 1 aliphatic heterocycles. The maximum absolute atomic E-state index is 5.87. The molecular weight excluding hydrogens is 242 g/mol. The first-order valence-electron chi connectivity index (χ1n) is 6.82. The summed E-state index contributed by atoms with van der Waals surface area (Å²) >= 11 is 0. The Bertz CT molecular complexity index is 414. The van der Waals surface area contributed by atoms with Gasteiger partial charge < -0.3 is 14.2 Å². The molecule has 0 bridgehead atoms. The zero-order chi connectivity index (χ0) is 13.7. The van der Waals surface area contributed by atoms with E-state index in [1.807, 2.05) is 19.1 Å². The van der Waals surface area contributed by atoms with Gasteiger partial charge in [0.1, 0.15) is 6.61 Å². The van der Waals surface area contributed by atoms with Crippen molar-refractivity contribution in [2.45, 2.75) is 19.8 Å². The summed E-state index contributed by atoms with van der Waals surface area (Å²) in [6.07, 6.45) is 2.61. The first-order chi connectivity index (χ1) is 9.24. The van der Waals surface area contributed by atoms with Gasteiger partial charge in [-0.25, -0.2) is 0 Å². The fourth-order valence-corrected chi connectivity index (χ4v) is 2.46. The van der Waals surface area contributed by atoms with Crippen molar-refractivity contribution in [2.24, 2.45) is 0 Å². The summed E-state index contributed by atoms with van der Waals surface area (Å²) in [6.45, 7) is 6.06. The zero-order valence-corrected chi connectivity index (χ0v) is 12.1. The van der Waals surface area contributed by atoms with Crippen LogP contribution in [0.2, 0.25) is 0 Å². The van der Waals surface area contributed by atoms with Crippen LogP contribution in [-0.2, 0) is 0 Å². The van der Waals surface area contributed by atoms with E-state index in [-0.39, 0.29) is 0 Å². The van der Waals surface area contributed by atoms with Crippen LogP contribution < -0.4 is 14.2 Å². The van der Waals surface area contributed by atoms with Gasteiger partial charge in [-0.15, -0.1) is 0 Å². The number of likely N-dealkylation sites (tertiary alicyclic amines) is 1. The Morgan fingerprint density at radius 1 is 1.05 bits per heavy atom. The number of ether oxygens (including phenoxy) is 3. The van der Waals surface area contributed by atoms with Gasteiger partial charge in [0.05, 0.1) is 14.2 Å². The van der Waals surface area contributed by atoms with Crippen molar-refractivity contribution in [2.75, 3.05) is 40.5 Å². The maximum atomic E-state index is 5.87. The SMILES string of the molecule is COc1cc(C)cc(OCCN2CCCC2)c1OC. The summed E-state index contributed by atoms with van der Waals surface area (Å²) in [5.41, 5.74) is 1.11. The summed E-state index contributed by atoms with van der Waals surface area (Å²) in [4.78, 5) is 2.43.